The summed E-state index contributed by atoms with van der Waals surface area (Å²) in [5, 5.41) is 6.91. The van der Waals surface area contributed by atoms with E-state index < -0.39 is 12.2 Å². The van der Waals surface area contributed by atoms with E-state index in [1.165, 1.54) is 20.3 Å². The molecule has 5 heterocycles. The van der Waals surface area contributed by atoms with Crippen LogP contribution in [0.4, 0.5) is 9.59 Å². The lowest BCUT2D eigenvalue weighted by atomic mass is 10.00. The van der Waals surface area contributed by atoms with Crippen molar-refractivity contribution in [2.75, 3.05) is 40.4 Å². The topological polar surface area (TPSA) is 192 Å². The lowest BCUT2D eigenvalue weighted by Crippen LogP contribution is -2.40. The Balaban J connectivity index is 1.09. The monoisotopic (exact) mass is 706 g/mol. The molecule has 1 unspecified atom stereocenters. The van der Waals surface area contributed by atoms with E-state index in [2.05, 4.69) is 52.2 Å². The van der Waals surface area contributed by atoms with Crippen LogP contribution in [-0.2, 0) is 19.1 Å². The molecule has 2 atom stereocenters. The minimum absolute atomic E-state index is 0.141. The van der Waals surface area contributed by atoms with Crippen LogP contribution in [0.15, 0.2) is 65.7 Å². The highest BCUT2D eigenvalue weighted by Gasteiger charge is 2.33. The van der Waals surface area contributed by atoms with Crippen molar-refractivity contribution < 1.29 is 28.7 Å². The van der Waals surface area contributed by atoms with Crippen molar-refractivity contribution in [3.63, 3.8) is 0 Å². The molecule has 0 spiro atoms. The van der Waals surface area contributed by atoms with Crippen LogP contribution < -0.4 is 16.1 Å². The maximum Gasteiger partial charge on any atom is 0.407 e. The molecule has 2 aliphatic heterocycles. The van der Waals surface area contributed by atoms with Crippen molar-refractivity contribution in [3.05, 3.63) is 82.7 Å². The smallest absolute Gasteiger partial charge is 0.407 e. The highest BCUT2D eigenvalue weighted by atomic mass is 16.5. The molecule has 4 amide bonds. The molecule has 15 nitrogen and oxygen atoms in total. The first-order valence-electron chi connectivity index (χ1n) is 17.1. The van der Waals surface area contributed by atoms with Gasteiger partial charge in [0.05, 0.1) is 43.7 Å². The maximum absolute atomic E-state index is 13.1. The molecule has 0 bridgehead atoms. The Hall–Kier alpha value is -6.25. The molecule has 2 aromatic carbocycles. The van der Waals surface area contributed by atoms with E-state index >= 15 is 0 Å². The number of aromatic amines is 2. The number of carbonyl (C=O) groups excluding carboxylic acids is 4. The first-order valence-corrected chi connectivity index (χ1v) is 17.1. The van der Waals surface area contributed by atoms with E-state index in [0.29, 0.717) is 42.1 Å². The van der Waals surface area contributed by atoms with Gasteiger partial charge < -0.3 is 39.9 Å². The van der Waals surface area contributed by atoms with Gasteiger partial charge in [0.1, 0.15) is 24.4 Å². The second-order valence-electron chi connectivity index (χ2n) is 12.8. The number of hydrogen-bond acceptors (Lipinski definition) is 9. The Labute approximate surface area is 297 Å². The lowest BCUT2D eigenvalue weighted by Gasteiger charge is -2.25. The van der Waals surface area contributed by atoms with Crippen LogP contribution in [0.5, 0.6) is 0 Å². The number of fused-ring (bicyclic) bond motifs is 2. The van der Waals surface area contributed by atoms with E-state index in [9.17, 15) is 24.0 Å². The number of nitrogens with one attached hydrogen (secondary N) is 4. The fourth-order valence-electron chi connectivity index (χ4n) is 7.12. The SMILES string of the molecule is COC(=O)NCC(=O)N1CCCC1c1cc(=O)c2ncc(-c3ccc4cc(-c5cnc([C@@H]6CCCN6C(=O)CNC(=O)OC)[nH]5)ccc4c3)cc2[nH]1. The van der Waals surface area contributed by atoms with Crippen molar-refractivity contribution >= 4 is 45.8 Å². The Morgan fingerprint density at radius 2 is 1.37 bits per heavy atom. The second-order valence-corrected chi connectivity index (χ2v) is 12.8. The summed E-state index contributed by atoms with van der Waals surface area (Å²) in [7, 11) is 2.49. The second kappa shape index (κ2) is 14.5. The molecule has 2 saturated heterocycles. The molecular formula is C37H38N8O7. The number of pyridine rings is 2. The molecule has 52 heavy (non-hydrogen) atoms. The fraction of sp³-hybridized carbons (Fsp3) is 0.324. The van der Waals surface area contributed by atoms with Crippen molar-refractivity contribution in [2.24, 2.45) is 0 Å². The number of hydrogen-bond donors (Lipinski definition) is 4. The van der Waals surface area contributed by atoms with Crippen LogP contribution in [0.25, 0.3) is 44.2 Å². The molecule has 7 rings (SSSR count). The molecule has 3 aromatic heterocycles. The zero-order valence-corrected chi connectivity index (χ0v) is 28.7. The van der Waals surface area contributed by atoms with Crippen LogP contribution >= 0.6 is 0 Å². The van der Waals surface area contributed by atoms with E-state index in [1.54, 1.807) is 22.2 Å². The van der Waals surface area contributed by atoms with E-state index in [-0.39, 0.29) is 42.4 Å². The number of ether oxygens (including phenoxy) is 2. The molecular weight excluding hydrogens is 668 g/mol. The van der Waals surface area contributed by atoms with E-state index in [4.69, 9.17) is 0 Å². The zero-order valence-electron chi connectivity index (χ0n) is 28.7. The number of amides is 4. The predicted octanol–water partition coefficient (Wildman–Crippen LogP) is 4.17. The van der Waals surface area contributed by atoms with E-state index in [1.807, 2.05) is 30.3 Å². The van der Waals surface area contributed by atoms with Crippen LogP contribution in [0.3, 0.4) is 0 Å². The molecule has 0 aliphatic carbocycles. The Kier molecular flexibility index (Phi) is 9.57. The summed E-state index contributed by atoms with van der Waals surface area (Å²) in [4.78, 5) is 81.1. The number of carbonyl (C=O) groups is 4. The lowest BCUT2D eigenvalue weighted by molar-refractivity contribution is -0.131. The Bertz CT molecular complexity index is 2250. The van der Waals surface area contributed by atoms with Gasteiger partial charge in [-0.05, 0) is 60.2 Å². The first-order chi connectivity index (χ1) is 25.2. The molecule has 5 aromatic rings. The molecule has 2 aliphatic rings. The van der Waals surface area contributed by atoms with E-state index in [0.717, 1.165) is 52.4 Å². The molecule has 4 N–H and O–H groups in total. The maximum atomic E-state index is 13.1. The van der Waals surface area contributed by atoms with Gasteiger partial charge in [-0.1, -0.05) is 24.3 Å². The number of methoxy groups -OCH3 is 2. The van der Waals surface area contributed by atoms with Crippen LogP contribution in [0.1, 0.15) is 49.3 Å². The highest BCUT2D eigenvalue weighted by molar-refractivity contribution is 5.91. The predicted molar refractivity (Wildman–Crippen MR) is 191 cm³/mol. The third-order valence-corrected chi connectivity index (χ3v) is 9.73. The van der Waals surface area contributed by atoms with Gasteiger partial charge in [0.25, 0.3) is 0 Å². The molecule has 2 fully saturated rings. The number of benzene rings is 2. The minimum Gasteiger partial charge on any atom is -0.453 e. The summed E-state index contributed by atoms with van der Waals surface area (Å²) in [6, 6.07) is 15.1. The van der Waals surface area contributed by atoms with Crippen molar-refractivity contribution in [3.8, 4) is 22.4 Å². The van der Waals surface area contributed by atoms with Crippen LogP contribution in [0, 0.1) is 0 Å². The number of aromatic nitrogens is 4. The zero-order chi connectivity index (χ0) is 36.4. The van der Waals surface area contributed by atoms with Crippen LogP contribution in [0.2, 0.25) is 0 Å². The summed E-state index contributed by atoms with van der Waals surface area (Å²) in [5.74, 6) is 0.244. The van der Waals surface area contributed by atoms with Gasteiger partial charge in [-0.25, -0.2) is 19.6 Å². The summed E-state index contributed by atoms with van der Waals surface area (Å²) in [5.41, 5.74) is 4.78. The molecule has 0 saturated carbocycles. The van der Waals surface area contributed by atoms with Gasteiger partial charge in [0, 0.05) is 42.2 Å². The van der Waals surface area contributed by atoms with Gasteiger partial charge in [0.2, 0.25) is 17.2 Å². The Morgan fingerprint density at radius 1 is 0.750 bits per heavy atom. The van der Waals surface area contributed by atoms with Gasteiger partial charge in [-0.3, -0.25) is 14.4 Å². The number of rotatable bonds is 8. The largest absolute Gasteiger partial charge is 0.453 e. The van der Waals surface area contributed by atoms with Gasteiger partial charge in [-0.15, -0.1) is 0 Å². The summed E-state index contributed by atoms with van der Waals surface area (Å²) < 4.78 is 9.15. The average molecular weight is 707 g/mol. The summed E-state index contributed by atoms with van der Waals surface area (Å²) in [6.45, 7) is 0.767. The number of H-pyrrole nitrogens is 2. The van der Waals surface area contributed by atoms with Gasteiger partial charge in [0.15, 0.2) is 0 Å². The van der Waals surface area contributed by atoms with Crippen molar-refractivity contribution in [1.82, 2.24) is 40.4 Å². The molecule has 15 heteroatoms. The van der Waals surface area contributed by atoms with Crippen molar-refractivity contribution in [1.29, 1.82) is 0 Å². The third-order valence-electron chi connectivity index (χ3n) is 9.73. The standard InChI is InChI=1S/C37H38N8O7/c1-51-36(49)40-19-32(47)44-11-3-5-29(44)26-16-31(46)34-27(42-26)15-25(17-38-34)23-8-7-22-14-24(10-9-21(22)13-23)28-18-39-35(43-28)30-6-4-12-45(30)33(48)20-41-37(50)52-2/h7-10,13-18,29-30H,3-6,11-12,19-20H2,1-2H3,(H,39,43)(H,40,49)(H,41,50)(H,42,46)/t29?,30-/m0/s1. The van der Waals surface area contributed by atoms with Crippen molar-refractivity contribution in [2.45, 2.75) is 37.8 Å². The fourth-order valence-corrected chi connectivity index (χ4v) is 7.12. The number of nitrogens with zero attached hydrogens (tertiary/aromatic N) is 4. The summed E-state index contributed by atoms with van der Waals surface area (Å²) >= 11 is 0. The average Bonchev–Trinajstić information content (AvgIpc) is 3.96. The van der Waals surface area contributed by atoms with Gasteiger partial charge in [-0.2, -0.15) is 0 Å². The number of alkyl carbamates (subject to hydrolysis) is 2. The molecule has 268 valence electrons. The quantitative estimate of drug-likeness (QED) is 0.183. The number of imidazole rings is 1. The minimum atomic E-state index is -0.682. The normalized spacial score (nSPS) is 17.0. The molecule has 0 radical (unpaired) electrons. The first kappa shape index (κ1) is 34.2. The van der Waals surface area contributed by atoms with Crippen LogP contribution in [-0.4, -0.2) is 94.1 Å². The third kappa shape index (κ3) is 6.89. The van der Waals surface area contributed by atoms with Gasteiger partial charge >= 0.3 is 12.2 Å². The Morgan fingerprint density at radius 3 is 2.04 bits per heavy atom. The summed E-state index contributed by atoms with van der Waals surface area (Å²) in [6.07, 6.45) is 5.18. The number of likely N-dealkylation sites (tertiary alicyclic amines) is 2. The highest BCUT2D eigenvalue weighted by Crippen LogP contribution is 2.34.